The van der Waals surface area contributed by atoms with Gasteiger partial charge in [-0.1, -0.05) is 36.4 Å². The number of hydrogen-bond donors (Lipinski definition) is 1. The van der Waals surface area contributed by atoms with E-state index in [0.29, 0.717) is 5.56 Å². The van der Waals surface area contributed by atoms with Crippen LogP contribution < -0.4 is 10.6 Å². The van der Waals surface area contributed by atoms with Crippen LogP contribution in [-0.4, -0.2) is 5.91 Å². The number of benzene rings is 3. The standard InChI is InChI=1S/C19H16N2O/c20-19(22)15-11-13-18(14-12-15)21(16-7-3-1-4-8-16)17-9-5-2-6-10-17/h1-14H,(H2,20,22). The van der Waals surface area contributed by atoms with Crippen molar-refractivity contribution in [2.45, 2.75) is 0 Å². The zero-order valence-corrected chi connectivity index (χ0v) is 12.0. The number of carbonyl (C=O) groups is 1. The van der Waals surface area contributed by atoms with Crippen molar-refractivity contribution >= 4 is 23.0 Å². The van der Waals surface area contributed by atoms with Crippen LogP contribution in [0.3, 0.4) is 0 Å². The maximum Gasteiger partial charge on any atom is 0.248 e. The van der Waals surface area contributed by atoms with E-state index >= 15 is 0 Å². The molecule has 3 aromatic carbocycles. The van der Waals surface area contributed by atoms with Crippen molar-refractivity contribution < 1.29 is 4.79 Å². The van der Waals surface area contributed by atoms with Crippen molar-refractivity contribution in [2.24, 2.45) is 5.73 Å². The molecule has 0 aliphatic carbocycles. The van der Waals surface area contributed by atoms with Crippen LogP contribution in [0.2, 0.25) is 0 Å². The van der Waals surface area contributed by atoms with E-state index in [-0.39, 0.29) is 0 Å². The molecule has 0 atom stereocenters. The summed E-state index contributed by atoms with van der Waals surface area (Å²) in [6.45, 7) is 0. The molecule has 3 heteroatoms. The predicted molar refractivity (Wildman–Crippen MR) is 89.6 cm³/mol. The maximum absolute atomic E-state index is 11.2. The van der Waals surface area contributed by atoms with E-state index in [2.05, 4.69) is 29.2 Å². The molecule has 0 aliphatic rings. The Morgan fingerprint density at radius 3 is 1.45 bits per heavy atom. The molecule has 3 rings (SSSR count). The van der Waals surface area contributed by atoms with Crippen LogP contribution in [0.15, 0.2) is 84.9 Å². The summed E-state index contributed by atoms with van der Waals surface area (Å²) in [4.78, 5) is 13.4. The fraction of sp³-hybridized carbons (Fsp3) is 0. The van der Waals surface area contributed by atoms with E-state index in [4.69, 9.17) is 5.73 Å². The molecule has 0 radical (unpaired) electrons. The summed E-state index contributed by atoms with van der Waals surface area (Å²) < 4.78 is 0. The highest BCUT2D eigenvalue weighted by Crippen LogP contribution is 2.33. The summed E-state index contributed by atoms with van der Waals surface area (Å²) >= 11 is 0. The lowest BCUT2D eigenvalue weighted by Crippen LogP contribution is -2.12. The minimum Gasteiger partial charge on any atom is -0.366 e. The van der Waals surface area contributed by atoms with Crippen molar-refractivity contribution in [3.63, 3.8) is 0 Å². The Bertz CT molecular complexity index is 713. The van der Waals surface area contributed by atoms with Gasteiger partial charge < -0.3 is 10.6 Å². The number of amides is 1. The number of rotatable bonds is 4. The minimum atomic E-state index is -0.419. The Labute approximate surface area is 129 Å². The minimum absolute atomic E-state index is 0.419. The predicted octanol–water partition coefficient (Wildman–Crippen LogP) is 4.26. The van der Waals surface area contributed by atoms with E-state index in [0.717, 1.165) is 17.1 Å². The number of nitrogens with two attached hydrogens (primary N) is 1. The summed E-state index contributed by atoms with van der Waals surface area (Å²) in [5, 5.41) is 0. The normalized spacial score (nSPS) is 10.2. The maximum atomic E-state index is 11.2. The number of primary amides is 1. The van der Waals surface area contributed by atoms with Gasteiger partial charge >= 0.3 is 0 Å². The van der Waals surface area contributed by atoms with E-state index in [1.54, 1.807) is 12.1 Å². The van der Waals surface area contributed by atoms with Crippen LogP contribution in [-0.2, 0) is 0 Å². The van der Waals surface area contributed by atoms with Crippen molar-refractivity contribution in [1.82, 2.24) is 0 Å². The number of hydrogen-bond acceptors (Lipinski definition) is 2. The molecule has 0 aliphatic heterocycles. The molecule has 22 heavy (non-hydrogen) atoms. The highest BCUT2D eigenvalue weighted by molar-refractivity contribution is 5.93. The van der Waals surface area contributed by atoms with Gasteiger partial charge in [0.2, 0.25) is 5.91 Å². The molecule has 108 valence electrons. The molecule has 0 heterocycles. The van der Waals surface area contributed by atoms with E-state index in [9.17, 15) is 4.79 Å². The molecule has 3 nitrogen and oxygen atoms in total. The highest BCUT2D eigenvalue weighted by Gasteiger charge is 2.11. The van der Waals surface area contributed by atoms with Crippen molar-refractivity contribution in [3.8, 4) is 0 Å². The van der Waals surface area contributed by atoms with Crippen LogP contribution >= 0.6 is 0 Å². The molecule has 0 saturated heterocycles. The van der Waals surface area contributed by atoms with Crippen molar-refractivity contribution in [2.75, 3.05) is 4.90 Å². The SMILES string of the molecule is NC(=O)c1ccc(N(c2ccccc2)c2ccccc2)cc1. The van der Waals surface area contributed by atoms with E-state index < -0.39 is 5.91 Å². The highest BCUT2D eigenvalue weighted by atomic mass is 16.1. The van der Waals surface area contributed by atoms with E-state index in [1.807, 2.05) is 48.5 Å². The van der Waals surface area contributed by atoms with Gasteiger partial charge in [0.1, 0.15) is 0 Å². The van der Waals surface area contributed by atoms with Crippen LogP contribution in [0.5, 0.6) is 0 Å². The van der Waals surface area contributed by atoms with Gasteiger partial charge in [0.15, 0.2) is 0 Å². The monoisotopic (exact) mass is 288 g/mol. The molecule has 3 aromatic rings. The fourth-order valence-corrected chi connectivity index (χ4v) is 2.38. The van der Waals surface area contributed by atoms with Crippen molar-refractivity contribution in [1.29, 1.82) is 0 Å². The number of nitrogens with zero attached hydrogens (tertiary/aromatic N) is 1. The second kappa shape index (κ2) is 6.14. The van der Waals surface area contributed by atoms with Crippen LogP contribution in [0, 0.1) is 0 Å². The first-order valence-corrected chi connectivity index (χ1v) is 7.06. The molecule has 0 saturated carbocycles. The fourth-order valence-electron chi connectivity index (χ4n) is 2.38. The van der Waals surface area contributed by atoms with E-state index in [1.165, 1.54) is 0 Å². The molecule has 0 fully saturated rings. The topological polar surface area (TPSA) is 46.3 Å². The van der Waals surface area contributed by atoms with Gasteiger partial charge in [0.25, 0.3) is 0 Å². The molecule has 0 unspecified atom stereocenters. The molecule has 0 spiro atoms. The van der Waals surface area contributed by atoms with Gasteiger partial charge in [0, 0.05) is 22.6 Å². The molecule has 2 N–H and O–H groups in total. The average Bonchev–Trinajstić information content (AvgIpc) is 2.57. The third-order valence-corrected chi connectivity index (χ3v) is 3.44. The van der Waals surface area contributed by atoms with Gasteiger partial charge in [-0.05, 0) is 48.5 Å². The largest absolute Gasteiger partial charge is 0.366 e. The van der Waals surface area contributed by atoms with Gasteiger partial charge in [0.05, 0.1) is 0 Å². The summed E-state index contributed by atoms with van der Waals surface area (Å²) in [7, 11) is 0. The zero-order valence-electron chi connectivity index (χ0n) is 12.0. The molecule has 1 amide bonds. The Hall–Kier alpha value is -3.07. The summed E-state index contributed by atoms with van der Waals surface area (Å²) in [5.41, 5.74) is 8.90. The molecular formula is C19H16N2O. The summed E-state index contributed by atoms with van der Waals surface area (Å²) in [6.07, 6.45) is 0. The first-order valence-electron chi connectivity index (χ1n) is 7.06. The third-order valence-electron chi connectivity index (χ3n) is 3.44. The van der Waals surface area contributed by atoms with Crippen LogP contribution in [0.1, 0.15) is 10.4 Å². The zero-order chi connectivity index (χ0) is 15.4. The number of para-hydroxylation sites is 2. The van der Waals surface area contributed by atoms with Gasteiger partial charge in [-0.3, -0.25) is 4.79 Å². The second-order valence-corrected chi connectivity index (χ2v) is 4.92. The first-order chi connectivity index (χ1) is 10.8. The molecule has 0 bridgehead atoms. The van der Waals surface area contributed by atoms with Gasteiger partial charge in [-0.15, -0.1) is 0 Å². The summed E-state index contributed by atoms with van der Waals surface area (Å²) in [5.74, 6) is -0.419. The molecule has 0 aromatic heterocycles. The van der Waals surface area contributed by atoms with Crippen LogP contribution in [0.25, 0.3) is 0 Å². The lowest BCUT2D eigenvalue weighted by Gasteiger charge is -2.25. The quantitative estimate of drug-likeness (QED) is 0.780. The second-order valence-electron chi connectivity index (χ2n) is 4.92. The number of carbonyl (C=O) groups excluding carboxylic acids is 1. The lowest BCUT2D eigenvalue weighted by atomic mass is 10.1. The number of anilines is 3. The smallest absolute Gasteiger partial charge is 0.248 e. The molecular weight excluding hydrogens is 272 g/mol. The Kier molecular flexibility index (Phi) is 3.88. The average molecular weight is 288 g/mol. The van der Waals surface area contributed by atoms with Gasteiger partial charge in [-0.2, -0.15) is 0 Å². The Morgan fingerprint density at radius 2 is 1.05 bits per heavy atom. The first kappa shape index (κ1) is 13.9. The Morgan fingerprint density at radius 1 is 0.636 bits per heavy atom. The third kappa shape index (κ3) is 2.83. The van der Waals surface area contributed by atoms with Crippen LogP contribution in [0.4, 0.5) is 17.1 Å². The van der Waals surface area contributed by atoms with Gasteiger partial charge in [-0.25, -0.2) is 0 Å². The Balaban J connectivity index is 2.08. The summed E-state index contributed by atoms with van der Waals surface area (Å²) in [6, 6.07) is 27.5. The van der Waals surface area contributed by atoms with Crippen molar-refractivity contribution in [3.05, 3.63) is 90.5 Å². The lowest BCUT2D eigenvalue weighted by molar-refractivity contribution is 0.100.